The smallest absolute Gasteiger partial charge is 0.872 e. The predicted octanol–water partition coefficient (Wildman–Crippen LogP) is -12.4. The van der Waals surface area contributed by atoms with Crippen molar-refractivity contribution in [1.82, 2.24) is 4.98 Å². The summed E-state index contributed by atoms with van der Waals surface area (Å²) in [7, 11) is 0. The van der Waals surface area contributed by atoms with Gasteiger partial charge >= 0.3 is 137 Å². The maximum Gasteiger partial charge on any atom is 1.00 e. The van der Waals surface area contributed by atoms with E-state index in [1.165, 1.54) is 73.0 Å². The topological polar surface area (TPSA) is 320 Å². The van der Waals surface area contributed by atoms with Gasteiger partial charge < -0.3 is 35.7 Å². The number of thiophene rings is 1. The molecule has 18 aromatic rings. The van der Waals surface area contributed by atoms with Gasteiger partial charge in [-0.05, 0) is 131 Å². The van der Waals surface area contributed by atoms with Crippen LogP contribution in [0.5, 0.6) is 40.2 Å². The molecule has 0 aliphatic carbocycles. The minimum atomic E-state index is -0.0468. The molecule has 0 saturated carbocycles. The first-order valence-electron chi connectivity index (χ1n) is 39.3. The van der Waals surface area contributed by atoms with Crippen molar-refractivity contribution in [3.63, 3.8) is 0 Å². The normalized spacial score (nSPS) is 10.3. The van der Waals surface area contributed by atoms with Crippen molar-refractivity contribution in [2.24, 2.45) is 0 Å². The first kappa shape index (κ1) is 110. The molecular weight excluding hydrogens is 1640 g/mol. The van der Waals surface area contributed by atoms with E-state index >= 15 is 0 Å². The van der Waals surface area contributed by atoms with Crippen LogP contribution in [0, 0.1) is 22.7 Å². The maximum absolute atomic E-state index is 11.9. The van der Waals surface area contributed by atoms with Crippen molar-refractivity contribution in [2.45, 2.75) is 0 Å². The first-order valence-corrected chi connectivity index (χ1v) is 41.1. The molecule has 0 aliphatic heterocycles. The first-order chi connectivity index (χ1) is 61.3. The molecule has 7 N–H and O–H groups in total. The molecule has 608 valence electrons. The Kier molecular flexibility index (Phi) is 49.3. The van der Waals surface area contributed by atoms with Gasteiger partial charge in [0.1, 0.15) is 11.6 Å². The second kappa shape index (κ2) is 59.4. The molecule has 0 atom stereocenters. The van der Waals surface area contributed by atoms with Crippen LogP contribution < -0.4 is 203 Å². The number of para-hydroxylation sites is 12. The molecule has 16 aromatic carbocycles. The Labute approximate surface area is 859 Å². The number of nitrogens with one attached hydrogen (secondary N) is 7. The van der Waals surface area contributed by atoms with E-state index in [0.717, 1.165) is 32.4 Å². The quantitative estimate of drug-likeness (QED) is 0.0289. The fourth-order valence-corrected chi connectivity index (χ4v) is 13.3. The van der Waals surface area contributed by atoms with Crippen LogP contribution in [0.1, 0.15) is 49.4 Å². The van der Waals surface area contributed by atoms with Crippen molar-refractivity contribution in [1.29, 1.82) is 10.5 Å². The average molecular weight is 1720 g/mol. The Balaban J connectivity index is 0.000000272. The number of hydrogen-bond acceptors (Lipinski definition) is 12. The molecule has 18 rings (SSSR count). The van der Waals surface area contributed by atoms with Gasteiger partial charge in [-0.25, -0.2) is 34.9 Å². The molecule has 0 aliphatic rings. The van der Waals surface area contributed by atoms with Gasteiger partial charge in [0.2, 0.25) is 11.4 Å². The van der Waals surface area contributed by atoms with Crippen LogP contribution in [0.25, 0.3) is 43.4 Å². The van der Waals surface area contributed by atoms with E-state index in [4.69, 9.17) is 10.5 Å². The van der Waals surface area contributed by atoms with Gasteiger partial charge in [-0.1, -0.05) is 314 Å². The van der Waals surface area contributed by atoms with Crippen molar-refractivity contribution < 1.29 is 203 Å². The fraction of sp³-hybridized carbons (Fsp3) is 0. The molecule has 0 fully saturated rings. The SMILES string of the molecule is N#Cc1cccc([NH+]=Cc2ccccc2[O-])c1.N#Cc1ccccc1[NH+]=Cc1ccccc1[O-].[Li+].[Li+].[Li+].[Li+].[Li+].[Li+].[Li+].[O-]c1ccccc1C=[NH+]c1nccs1.[O-]c1ccccc1[NH+]=Cc1c2ccccc2cc2ccccc12.[O-]c1ccccc1[NH+]=Cc1ccc(-c2ccccc2)cc1.[O-]c1ccccc1[NH+]=Cc1cccc2ccccc12.[O-]c1ccccc1[NH+]=Cc1cccs1. The molecule has 0 amide bonds. The Morgan fingerprint density at radius 3 is 1.14 bits per heavy atom. The van der Waals surface area contributed by atoms with Gasteiger partial charge in [0.05, 0.1) is 28.3 Å². The second-order valence-corrected chi connectivity index (χ2v) is 29.0. The maximum atomic E-state index is 11.9. The number of fused-ring (bicyclic) bond motifs is 3. The standard InChI is InChI=1S/C21H15NO.C19H15NO.C17H13NO.2C14H10N2O.C11H9NOS.C10H8N2OS.7Li/c23-21-12-6-5-11-20(21)22-14-19-17-9-3-1-7-15(17)13-16-8-2-4-10-18(16)19;21-19-9-5-4-8-18(19)20-14-15-10-12-17(13-11-15)16-6-2-1-3-7-16;19-17-11-4-3-10-16(17)18-12-14-8-5-7-13-6-1-2-9-15(13)14;15-9-11-5-1-3-7-13(11)16-10-12-6-2-4-8-14(12)17;15-9-11-4-3-6-13(8-11)16-10-12-5-1-2-7-14(12)17;13-11-6-2-1-5-10(11)12-8-9-4-3-7-14-9;13-9-4-2-1-3-8(9)7-12-10-11-5-6-14-10;;;;;;;/h1-14,23H;1-14,21H;1-12,19H;2*1-8,10,17H;1-8,13H;1-7,13H;;;;;;;/q;;;;;;;7*+1. The number of rotatable bonds is 15. The van der Waals surface area contributed by atoms with Crippen LogP contribution in [-0.2, 0) is 0 Å². The van der Waals surface area contributed by atoms with Gasteiger partial charge in [-0.15, -0.1) is 11.3 Å². The molecule has 0 bridgehead atoms. The number of hydrogen-bond donors (Lipinski definition) is 7. The number of benzene rings is 16. The fourth-order valence-electron chi connectivity index (χ4n) is 12.3. The minimum Gasteiger partial charge on any atom is -0.872 e. The number of nitrogens with zero attached hydrogens (tertiary/aromatic N) is 3. The average Bonchev–Trinajstić information content (AvgIpc) is 0.805. The molecular formula is C106H80Li7N10O7S2+7. The molecule has 2 aromatic heterocycles. The monoisotopic (exact) mass is 1720 g/mol. The van der Waals surface area contributed by atoms with E-state index in [2.05, 4.69) is 125 Å². The summed E-state index contributed by atoms with van der Waals surface area (Å²) >= 11 is 3.12. The molecule has 17 nitrogen and oxygen atoms in total. The third-order valence-corrected chi connectivity index (χ3v) is 20.1. The number of aromatic nitrogens is 1. The van der Waals surface area contributed by atoms with Crippen molar-refractivity contribution >= 4 is 138 Å². The molecule has 0 radical (unpaired) electrons. The summed E-state index contributed by atoms with van der Waals surface area (Å²) in [5.74, 6) is -0.0651. The van der Waals surface area contributed by atoms with Crippen molar-refractivity contribution in [3.8, 4) is 63.5 Å². The van der Waals surface area contributed by atoms with Crippen LogP contribution >= 0.6 is 22.7 Å². The summed E-state index contributed by atoms with van der Waals surface area (Å²) in [5.41, 5.74) is 12.4. The van der Waals surface area contributed by atoms with Crippen molar-refractivity contribution in [2.75, 3.05) is 0 Å². The summed E-state index contributed by atoms with van der Waals surface area (Å²) < 4.78 is 0. The summed E-state index contributed by atoms with van der Waals surface area (Å²) in [4.78, 5) is 26.4. The molecule has 0 saturated heterocycles. The van der Waals surface area contributed by atoms with E-state index in [1.807, 2.05) is 169 Å². The van der Waals surface area contributed by atoms with Gasteiger partial charge in [-0.2, -0.15) is 10.5 Å². The summed E-state index contributed by atoms with van der Waals surface area (Å²) in [6, 6.07) is 122. The number of nitriles is 2. The van der Waals surface area contributed by atoms with Gasteiger partial charge in [-0.3, -0.25) is 0 Å². The van der Waals surface area contributed by atoms with E-state index in [0.29, 0.717) is 56.3 Å². The molecule has 26 heteroatoms. The third-order valence-electron chi connectivity index (χ3n) is 18.6. The Morgan fingerprint density at radius 1 is 0.265 bits per heavy atom. The van der Waals surface area contributed by atoms with E-state index < -0.39 is 0 Å². The van der Waals surface area contributed by atoms with Gasteiger partial charge in [0, 0.05) is 75.7 Å². The summed E-state index contributed by atoms with van der Waals surface area (Å²) in [6.45, 7) is 0. The number of thiazole rings is 1. The second-order valence-electron chi connectivity index (χ2n) is 27.1. The minimum absolute atomic E-state index is 0. The zero-order valence-corrected chi connectivity index (χ0v) is 75.8. The van der Waals surface area contributed by atoms with Crippen LogP contribution in [0.2, 0.25) is 0 Å². The van der Waals surface area contributed by atoms with E-state index in [-0.39, 0.29) is 172 Å². The van der Waals surface area contributed by atoms with Crippen LogP contribution in [0.3, 0.4) is 0 Å². The Morgan fingerprint density at radius 2 is 0.652 bits per heavy atom. The molecule has 0 spiro atoms. The van der Waals surface area contributed by atoms with Gasteiger partial charge in [0.25, 0.3) is 0 Å². The third kappa shape index (κ3) is 34.1. The molecule has 132 heavy (non-hydrogen) atoms. The van der Waals surface area contributed by atoms with Crippen LogP contribution in [0.15, 0.2) is 399 Å². The van der Waals surface area contributed by atoms with E-state index in [9.17, 15) is 35.7 Å². The zero-order chi connectivity index (χ0) is 87.0. The predicted molar refractivity (Wildman–Crippen MR) is 488 cm³/mol. The van der Waals surface area contributed by atoms with Crippen molar-refractivity contribution in [3.05, 3.63) is 449 Å². The van der Waals surface area contributed by atoms with Gasteiger partial charge in [0.15, 0.2) is 66.2 Å². The van der Waals surface area contributed by atoms with E-state index in [1.54, 1.807) is 194 Å². The summed E-state index contributed by atoms with van der Waals surface area (Å²) in [5, 5.41) is 110. The zero-order valence-electron chi connectivity index (χ0n) is 74.2. The van der Waals surface area contributed by atoms with Crippen LogP contribution in [0.4, 0.5) is 39.3 Å². The molecule has 2 heterocycles. The Hall–Kier alpha value is -12.9. The largest absolute Gasteiger partial charge is 1.00 e. The Bertz CT molecular complexity index is 6780. The molecule has 0 unspecified atom stereocenters. The summed E-state index contributed by atoms with van der Waals surface area (Å²) in [6.07, 6.45) is 14.1. The van der Waals surface area contributed by atoms with Crippen LogP contribution in [-0.4, -0.2) is 48.5 Å².